The van der Waals surface area contributed by atoms with Crippen LogP contribution in [0.4, 0.5) is 11.4 Å². The topological polar surface area (TPSA) is 75.7 Å². The maximum atomic E-state index is 12.5. The van der Waals surface area contributed by atoms with Crippen molar-refractivity contribution in [3.8, 4) is 5.75 Å². The van der Waals surface area contributed by atoms with E-state index in [4.69, 9.17) is 4.74 Å². The molecule has 2 aromatic rings. The summed E-state index contributed by atoms with van der Waals surface area (Å²) in [5, 5.41) is 2.81. The normalized spacial score (nSPS) is 13.0. The summed E-state index contributed by atoms with van der Waals surface area (Å²) in [6.07, 6.45) is 2.32. The lowest BCUT2D eigenvalue weighted by molar-refractivity contribution is -0.123. The zero-order valence-corrected chi connectivity index (χ0v) is 16.0. The molecule has 0 saturated heterocycles. The number of anilines is 2. The van der Waals surface area contributed by atoms with Crippen LogP contribution in [0, 0.1) is 0 Å². The van der Waals surface area contributed by atoms with E-state index in [1.54, 1.807) is 43.0 Å². The van der Waals surface area contributed by atoms with Gasteiger partial charge >= 0.3 is 0 Å². The van der Waals surface area contributed by atoms with Crippen molar-refractivity contribution >= 4 is 40.7 Å². The number of rotatable bonds is 6. The summed E-state index contributed by atoms with van der Waals surface area (Å²) in [7, 11) is 0. The van der Waals surface area contributed by atoms with Gasteiger partial charge in [-0.3, -0.25) is 19.3 Å². The van der Waals surface area contributed by atoms with Gasteiger partial charge in [-0.1, -0.05) is 13.0 Å². The van der Waals surface area contributed by atoms with Crippen LogP contribution in [-0.4, -0.2) is 37.0 Å². The number of fused-ring (bicyclic) bond motifs is 1. The fourth-order valence-corrected chi connectivity index (χ4v) is 3.26. The van der Waals surface area contributed by atoms with E-state index in [9.17, 15) is 14.4 Å². The van der Waals surface area contributed by atoms with E-state index in [0.29, 0.717) is 29.1 Å². The van der Waals surface area contributed by atoms with Crippen LogP contribution in [0.1, 0.15) is 23.7 Å². The molecule has 0 unspecified atom stereocenters. The standard InChI is InChI=1S/C20H20N2O4S/c1-3-17(23)13-7-8-18-16(9-13)22(20(25)12-26-18)11-19(24)21-14-5-4-6-15(10-14)27-2/h4-10H,3,11-12H2,1-2H3,(H,21,24). The van der Waals surface area contributed by atoms with Gasteiger partial charge in [-0.25, -0.2) is 0 Å². The van der Waals surface area contributed by atoms with Crippen molar-refractivity contribution in [2.24, 2.45) is 0 Å². The lowest BCUT2D eigenvalue weighted by atomic mass is 10.1. The van der Waals surface area contributed by atoms with Crippen LogP contribution in [0.25, 0.3) is 0 Å². The first kappa shape index (κ1) is 19.0. The number of carbonyl (C=O) groups excluding carboxylic acids is 3. The maximum absolute atomic E-state index is 12.5. The number of amides is 2. The molecule has 1 heterocycles. The van der Waals surface area contributed by atoms with E-state index in [1.807, 2.05) is 24.5 Å². The number of Topliss-reactive ketones (excluding diaryl/α,β-unsaturated/α-hetero) is 1. The molecule has 1 aliphatic rings. The second-order valence-electron chi connectivity index (χ2n) is 6.01. The Morgan fingerprint density at radius 3 is 2.78 bits per heavy atom. The largest absolute Gasteiger partial charge is 0.482 e. The van der Waals surface area contributed by atoms with Gasteiger partial charge in [-0.2, -0.15) is 0 Å². The third-order valence-corrected chi connectivity index (χ3v) is 4.93. The Morgan fingerprint density at radius 1 is 1.22 bits per heavy atom. The van der Waals surface area contributed by atoms with Crippen molar-refractivity contribution in [2.45, 2.75) is 18.2 Å². The minimum atomic E-state index is -0.323. The van der Waals surface area contributed by atoms with Crippen molar-refractivity contribution < 1.29 is 19.1 Å². The molecule has 140 valence electrons. The predicted molar refractivity (Wildman–Crippen MR) is 106 cm³/mol. The van der Waals surface area contributed by atoms with E-state index >= 15 is 0 Å². The lowest BCUT2D eigenvalue weighted by Gasteiger charge is -2.29. The molecule has 2 amide bonds. The highest BCUT2D eigenvalue weighted by Crippen LogP contribution is 2.33. The van der Waals surface area contributed by atoms with Crippen molar-refractivity contribution in [2.75, 3.05) is 29.6 Å². The molecular weight excluding hydrogens is 364 g/mol. The highest BCUT2D eigenvalue weighted by molar-refractivity contribution is 7.98. The monoisotopic (exact) mass is 384 g/mol. The molecule has 27 heavy (non-hydrogen) atoms. The quantitative estimate of drug-likeness (QED) is 0.610. The van der Waals surface area contributed by atoms with Crippen LogP contribution in [0.2, 0.25) is 0 Å². The number of hydrogen-bond acceptors (Lipinski definition) is 5. The van der Waals surface area contributed by atoms with E-state index in [0.717, 1.165) is 4.90 Å². The van der Waals surface area contributed by atoms with Crippen molar-refractivity contribution in [1.82, 2.24) is 0 Å². The third kappa shape index (κ3) is 4.31. The predicted octanol–water partition coefficient (Wildman–Crippen LogP) is 3.37. The zero-order chi connectivity index (χ0) is 19.4. The summed E-state index contributed by atoms with van der Waals surface area (Å²) < 4.78 is 5.43. The fraction of sp³-hybridized carbons (Fsp3) is 0.250. The summed E-state index contributed by atoms with van der Waals surface area (Å²) >= 11 is 1.58. The molecule has 0 atom stereocenters. The number of ether oxygens (including phenoxy) is 1. The number of ketones is 1. The Bertz CT molecular complexity index is 897. The SMILES string of the molecule is CCC(=O)c1ccc2c(c1)N(CC(=O)Nc1cccc(SC)c1)C(=O)CO2. The van der Waals surface area contributed by atoms with Crippen molar-refractivity contribution in [3.63, 3.8) is 0 Å². The summed E-state index contributed by atoms with van der Waals surface area (Å²) in [6.45, 7) is 1.49. The number of nitrogens with one attached hydrogen (secondary N) is 1. The highest BCUT2D eigenvalue weighted by atomic mass is 32.2. The molecule has 2 aromatic carbocycles. The Balaban J connectivity index is 1.81. The molecular formula is C20H20N2O4S. The number of nitrogens with zero attached hydrogens (tertiary/aromatic N) is 1. The molecule has 0 fully saturated rings. The Labute approximate surface area is 161 Å². The Hall–Kier alpha value is -2.80. The Kier molecular flexibility index (Phi) is 5.81. The summed E-state index contributed by atoms with van der Waals surface area (Å²) in [5.74, 6) is -0.188. The molecule has 3 rings (SSSR count). The molecule has 6 nitrogen and oxygen atoms in total. The Morgan fingerprint density at radius 2 is 2.04 bits per heavy atom. The van der Waals surface area contributed by atoms with E-state index in [-0.39, 0.29) is 30.7 Å². The fourth-order valence-electron chi connectivity index (χ4n) is 2.80. The molecule has 0 saturated carbocycles. The van der Waals surface area contributed by atoms with Gasteiger partial charge in [0.1, 0.15) is 12.3 Å². The third-order valence-electron chi connectivity index (χ3n) is 4.20. The number of hydrogen-bond donors (Lipinski definition) is 1. The van der Waals surface area contributed by atoms with Gasteiger partial charge in [0, 0.05) is 22.6 Å². The van der Waals surface area contributed by atoms with Gasteiger partial charge in [0.05, 0.1) is 5.69 Å². The first-order chi connectivity index (χ1) is 13.0. The van der Waals surface area contributed by atoms with Crippen molar-refractivity contribution in [1.29, 1.82) is 0 Å². The van der Waals surface area contributed by atoms with Crippen LogP contribution in [-0.2, 0) is 9.59 Å². The second-order valence-corrected chi connectivity index (χ2v) is 6.89. The number of thioether (sulfide) groups is 1. The molecule has 0 spiro atoms. The van der Waals surface area contributed by atoms with Gasteiger partial charge < -0.3 is 10.1 Å². The van der Waals surface area contributed by atoms with Gasteiger partial charge in [0.25, 0.3) is 5.91 Å². The number of benzene rings is 2. The summed E-state index contributed by atoms with van der Waals surface area (Å²) in [6, 6.07) is 12.4. The summed E-state index contributed by atoms with van der Waals surface area (Å²) in [4.78, 5) is 39.2. The van der Waals surface area contributed by atoms with Gasteiger partial charge in [0.15, 0.2) is 12.4 Å². The average molecular weight is 384 g/mol. The summed E-state index contributed by atoms with van der Waals surface area (Å²) in [5.41, 5.74) is 1.61. The van der Waals surface area contributed by atoms with Gasteiger partial charge in [0.2, 0.25) is 5.91 Å². The number of carbonyl (C=O) groups is 3. The minimum absolute atomic E-state index is 0.0332. The zero-order valence-electron chi connectivity index (χ0n) is 15.2. The van der Waals surface area contributed by atoms with E-state index < -0.39 is 0 Å². The molecule has 1 N–H and O–H groups in total. The molecule has 0 aromatic heterocycles. The highest BCUT2D eigenvalue weighted by Gasteiger charge is 2.28. The smallest absolute Gasteiger partial charge is 0.265 e. The minimum Gasteiger partial charge on any atom is -0.482 e. The van der Waals surface area contributed by atoms with Crippen LogP contribution in [0.15, 0.2) is 47.4 Å². The van der Waals surface area contributed by atoms with Gasteiger partial charge in [-0.15, -0.1) is 11.8 Å². The molecule has 0 radical (unpaired) electrons. The maximum Gasteiger partial charge on any atom is 0.265 e. The molecule has 0 aliphatic carbocycles. The lowest BCUT2D eigenvalue weighted by Crippen LogP contribution is -2.43. The van der Waals surface area contributed by atoms with Crippen LogP contribution >= 0.6 is 11.8 Å². The van der Waals surface area contributed by atoms with Gasteiger partial charge in [-0.05, 0) is 42.7 Å². The van der Waals surface area contributed by atoms with Crippen LogP contribution in [0.5, 0.6) is 5.75 Å². The second kappa shape index (κ2) is 8.26. The molecule has 0 bridgehead atoms. The van der Waals surface area contributed by atoms with Crippen LogP contribution in [0.3, 0.4) is 0 Å². The molecule has 1 aliphatic heterocycles. The first-order valence-corrected chi connectivity index (χ1v) is 9.78. The first-order valence-electron chi connectivity index (χ1n) is 8.56. The van der Waals surface area contributed by atoms with E-state index in [2.05, 4.69) is 5.32 Å². The van der Waals surface area contributed by atoms with Crippen molar-refractivity contribution in [3.05, 3.63) is 48.0 Å². The van der Waals surface area contributed by atoms with E-state index in [1.165, 1.54) is 4.90 Å². The average Bonchev–Trinajstić information content (AvgIpc) is 2.69. The molecule has 7 heteroatoms. The van der Waals surface area contributed by atoms with Crippen LogP contribution < -0.4 is 15.0 Å².